The summed E-state index contributed by atoms with van der Waals surface area (Å²) in [5.74, 6) is 1.02. The minimum Gasteiger partial charge on any atom is -0.497 e. The minimum absolute atomic E-state index is 0.258. The molecule has 0 bridgehead atoms. The van der Waals surface area contributed by atoms with Crippen LogP contribution in [0.25, 0.3) is 0 Å². The van der Waals surface area contributed by atoms with E-state index in [4.69, 9.17) is 21.1 Å². The van der Waals surface area contributed by atoms with Crippen LogP contribution >= 0.6 is 22.9 Å². The van der Waals surface area contributed by atoms with Crippen LogP contribution in [-0.2, 0) is 6.61 Å². The van der Waals surface area contributed by atoms with Gasteiger partial charge < -0.3 is 9.47 Å². The predicted octanol–water partition coefficient (Wildman–Crippen LogP) is 4.03. The van der Waals surface area contributed by atoms with Gasteiger partial charge in [-0.3, -0.25) is 10.1 Å². The average Bonchev–Trinajstić information content (AvgIpc) is 3.08. The number of carbonyl (C=O) groups excluding carboxylic acids is 1. The van der Waals surface area contributed by atoms with Gasteiger partial charge in [0.15, 0.2) is 5.01 Å². The van der Waals surface area contributed by atoms with Crippen LogP contribution in [0.4, 0.5) is 5.13 Å². The van der Waals surface area contributed by atoms with Gasteiger partial charge in [0.25, 0.3) is 5.91 Å². The van der Waals surface area contributed by atoms with Crippen molar-refractivity contribution in [3.63, 3.8) is 0 Å². The van der Waals surface area contributed by atoms with Crippen LogP contribution in [0.5, 0.6) is 11.5 Å². The fourth-order valence-corrected chi connectivity index (χ4v) is 2.75. The molecule has 1 amide bonds. The Hall–Kier alpha value is -2.64. The molecule has 2 aromatic carbocycles. The van der Waals surface area contributed by atoms with Gasteiger partial charge >= 0.3 is 0 Å². The summed E-state index contributed by atoms with van der Waals surface area (Å²) >= 11 is 7.08. The highest BCUT2D eigenvalue weighted by molar-refractivity contribution is 7.15. The van der Waals surface area contributed by atoms with Gasteiger partial charge in [-0.25, -0.2) is 0 Å². The fourth-order valence-electron chi connectivity index (χ4n) is 1.97. The second-order valence-corrected chi connectivity index (χ2v) is 6.43. The molecule has 6 nitrogen and oxygen atoms in total. The molecule has 25 heavy (non-hydrogen) atoms. The quantitative estimate of drug-likeness (QED) is 0.704. The smallest absolute Gasteiger partial charge is 0.257 e. The first-order chi connectivity index (χ1) is 12.1. The lowest BCUT2D eigenvalue weighted by molar-refractivity contribution is 0.102. The molecule has 0 radical (unpaired) electrons. The summed E-state index contributed by atoms with van der Waals surface area (Å²) in [6.45, 7) is 0.258. The molecular weight excluding hydrogens is 362 g/mol. The lowest BCUT2D eigenvalue weighted by atomic mass is 10.2. The maximum atomic E-state index is 12.2. The van der Waals surface area contributed by atoms with E-state index in [0.29, 0.717) is 32.2 Å². The van der Waals surface area contributed by atoms with Crippen molar-refractivity contribution in [2.24, 2.45) is 0 Å². The lowest BCUT2D eigenvalue weighted by Crippen LogP contribution is -2.11. The third-order valence-electron chi connectivity index (χ3n) is 3.20. The number of carbonyl (C=O) groups is 1. The molecule has 0 saturated heterocycles. The summed E-state index contributed by atoms with van der Waals surface area (Å²) in [7, 11) is 1.55. The molecule has 1 N–H and O–H groups in total. The molecule has 0 unspecified atom stereocenters. The van der Waals surface area contributed by atoms with Crippen molar-refractivity contribution in [3.8, 4) is 11.5 Å². The zero-order valence-corrected chi connectivity index (χ0v) is 14.8. The highest BCUT2D eigenvalue weighted by Crippen LogP contribution is 2.21. The van der Waals surface area contributed by atoms with E-state index in [1.807, 2.05) is 0 Å². The summed E-state index contributed by atoms with van der Waals surface area (Å²) in [4.78, 5) is 12.2. The van der Waals surface area contributed by atoms with Gasteiger partial charge in [0.05, 0.1) is 7.11 Å². The molecule has 1 aromatic heterocycles. The van der Waals surface area contributed by atoms with Crippen molar-refractivity contribution in [3.05, 3.63) is 64.1 Å². The third kappa shape index (κ3) is 4.68. The van der Waals surface area contributed by atoms with E-state index in [1.165, 1.54) is 11.3 Å². The highest BCUT2D eigenvalue weighted by atomic mass is 35.5. The topological polar surface area (TPSA) is 73.3 Å². The Balaban J connectivity index is 1.59. The highest BCUT2D eigenvalue weighted by Gasteiger charge is 2.11. The number of amides is 1. The number of hydrogen-bond donors (Lipinski definition) is 1. The molecule has 3 rings (SSSR count). The number of methoxy groups -OCH3 is 1. The van der Waals surface area contributed by atoms with Crippen LogP contribution in [0.1, 0.15) is 15.4 Å². The largest absolute Gasteiger partial charge is 0.497 e. The number of rotatable bonds is 6. The lowest BCUT2D eigenvalue weighted by Gasteiger charge is -2.04. The standard InChI is InChI=1S/C17H14ClN3O3S/c1-23-14-4-2-3-11(9-14)16(22)19-17-21-20-15(25-17)10-24-13-7-5-12(18)6-8-13/h2-9H,10H2,1H3,(H,19,21,22). The summed E-state index contributed by atoms with van der Waals surface area (Å²) in [6, 6.07) is 13.9. The Labute approximate surface area is 153 Å². The van der Waals surface area contributed by atoms with E-state index in [-0.39, 0.29) is 12.5 Å². The molecule has 0 atom stereocenters. The maximum Gasteiger partial charge on any atom is 0.257 e. The molecule has 128 valence electrons. The van der Waals surface area contributed by atoms with Gasteiger partial charge in [0.2, 0.25) is 5.13 Å². The van der Waals surface area contributed by atoms with Gasteiger partial charge in [-0.2, -0.15) is 0 Å². The zero-order valence-electron chi connectivity index (χ0n) is 13.2. The number of nitrogens with one attached hydrogen (secondary N) is 1. The summed E-state index contributed by atoms with van der Waals surface area (Å²) in [5.41, 5.74) is 0.480. The van der Waals surface area contributed by atoms with Crippen molar-refractivity contribution in [2.45, 2.75) is 6.61 Å². The summed E-state index contributed by atoms with van der Waals surface area (Å²) in [5, 5.41) is 12.4. The minimum atomic E-state index is -0.278. The number of ether oxygens (including phenoxy) is 2. The second-order valence-electron chi connectivity index (χ2n) is 4.93. The predicted molar refractivity (Wildman–Crippen MR) is 96.6 cm³/mol. The van der Waals surface area contributed by atoms with E-state index < -0.39 is 0 Å². The van der Waals surface area contributed by atoms with Crippen molar-refractivity contribution < 1.29 is 14.3 Å². The fraction of sp³-hybridized carbons (Fsp3) is 0.118. The van der Waals surface area contributed by atoms with Gasteiger partial charge in [-0.1, -0.05) is 29.0 Å². The van der Waals surface area contributed by atoms with Crippen LogP contribution in [0.3, 0.4) is 0 Å². The molecule has 0 spiro atoms. The van der Waals surface area contributed by atoms with Crippen LogP contribution in [0, 0.1) is 0 Å². The molecule has 3 aromatic rings. The van der Waals surface area contributed by atoms with E-state index in [2.05, 4.69) is 15.5 Å². The van der Waals surface area contributed by atoms with Gasteiger partial charge in [-0.05, 0) is 42.5 Å². The maximum absolute atomic E-state index is 12.2. The second kappa shape index (κ2) is 7.96. The zero-order chi connectivity index (χ0) is 17.6. The SMILES string of the molecule is COc1cccc(C(=O)Nc2nnc(COc3ccc(Cl)cc3)s2)c1. The molecule has 0 aliphatic heterocycles. The van der Waals surface area contributed by atoms with E-state index in [1.54, 1.807) is 55.6 Å². The monoisotopic (exact) mass is 375 g/mol. The Morgan fingerprint density at radius 2 is 1.96 bits per heavy atom. The van der Waals surface area contributed by atoms with E-state index >= 15 is 0 Å². The first kappa shape index (κ1) is 17.2. The Kier molecular flexibility index (Phi) is 5.47. The molecule has 0 aliphatic carbocycles. The number of nitrogens with zero attached hydrogens (tertiary/aromatic N) is 2. The van der Waals surface area contributed by atoms with Gasteiger partial charge in [-0.15, -0.1) is 10.2 Å². The molecule has 0 aliphatic rings. The van der Waals surface area contributed by atoms with Gasteiger partial charge in [0, 0.05) is 10.6 Å². The summed E-state index contributed by atoms with van der Waals surface area (Å²) < 4.78 is 10.7. The van der Waals surface area contributed by atoms with E-state index in [0.717, 1.165) is 0 Å². The van der Waals surface area contributed by atoms with Crippen LogP contribution in [0.15, 0.2) is 48.5 Å². The van der Waals surface area contributed by atoms with Crippen LogP contribution in [0.2, 0.25) is 5.02 Å². The molecular formula is C17H14ClN3O3S. The van der Waals surface area contributed by atoms with Crippen molar-refractivity contribution in [2.75, 3.05) is 12.4 Å². The molecule has 0 fully saturated rings. The number of halogens is 1. The van der Waals surface area contributed by atoms with Crippen LogP contribution < -0.4 is 14.8 Å². The Morgan fingerprint density at radius 1 is 1.16 bits per heavy atom. The normalized spacial score (nSPS) is 10.3. The van der Waals surface area contributed by atoms with Crippen molar-refractivity contribution >= 4 is 34.0 Å². The first-order valence-corrected chi connectivity index (χ1v) is 8.49. The van der Waals surface area contributed by atoms with Crippen molar-refractivity contribution in [1.29, 1.82) is 0 Å². The summed E-state index contributed by atoms with van der Waals surface area (Å²) in [6.07, 6.45) is 0. The third-order valence-corrected chi connectivity index (χ3v) is 4.26. The molecule has 8 heteroatoms. The Morgan fingerprint density at radius 3 is 2.72 bits per heavy atom. The van der Waals surface area contributed by atoms with Crippen molar-refractivity contribution in [1.82, 2.24) is 10.2 Å². The molecule has 0 saturated carbocycles. The Bertz CT molecular complexity index is 868. The molecule has 1 heterocycles. The first-order valence-electron chi connectivity index (χ1n) is 7.30. The number of aromatic nitrogens is 2. The van der Waals surface area contributed by atoms with Gasteiger partial charge in [0.1, 0.15) is 18.1 Å². The van der Waals surface area contributed by atoms with Crippen LogP contribution in [-0.4, -0.2) is 23.2 Å². The number of hydrogen-bond acceptors (Lipinski definition) is 6. The number of benzene rings is 2. The average molecular weight is 376 g/mol. The number of anilines is 1. The van der Waals surface area contributed by atoms with E-state index in [9.17, 15) is 4.79 Å².